The Morgan fingerprint density at radius 2 is 1.82 bits per heavy atom. The molecule has 1 aliphatic heterocycles. The van der Waals surface area contributed by atoms with Gasteiger partial charge in [-0.2, -0.15) is 5.01 Å². The van der Waals surface area contributed by atoms with Gasteiger partial charge >= 0.3 is 0 Å². The van der Waals surface area contributed by atoms with Gasteiger partial charge in [-0.3, -0.25) is 15.0 Å². The number of hydrogen-bond acceptors (Lipinski definition) is 7. The quantitative estimate of drug-likeness (QED) is 0.161. The van der Waals surface area contributed by atoms with Crippen molar-refractivity contribution in [2.75, 3.05) is 14.2 Å². The molecule has 1 heterocycles. The normalized spacial score (nSPS) is 13.9. The van der Waals surface area contributed by atoms with Gasteiger partial charge in [-0.25, -0.2) is 0 Å². The highest BCUT2D eigenvalue weighted by molar-refractivity contribution is 9.10. The molecular formula is C29H25BrN2O5S2. The molecule has 1 saturated heterocycles. The van der Waals surface area contributed by atoms with E-state index >= 15 is 0 Å². The van der Waals surface area contributed by atoms with E-state index in [1.807, 2.05) is 30.3 Å². The second-order valence-corrected chi connectivity index (χ2v) is 10.9. The van der Waals surface area contributed by atoms with E-state index in [4.69, 9.17) is 26.4 Å². The maximum Gasteiger partial charge on any atom is 0.285 e. The van der Waals surface area contributed by atoms with Gasteiger partial charge in [-0.05, 0) is 84.4 Å². The molecule has 10 heteroatoms. The van der Waals surface area contributed by atoms with E-state index < -0.39 is 11.8 Å². The van der Waals surface area contributed by atoms with Crippen LogP contribution < -0.4 is 19.6 Å². The van der Waals surface area contributed by atoms with E-state index in [1.54, 1.807) is 56.7 Å². The molecule has 0 aromatic heterocycles. The van der Waals surface area contributed by atoms with E-state index in [2.05, 4.69) is 27.9 Å². The van der Waals surface area contributed by atoms with Crippen LogP contribution in [-0.2, 0) is 17.8 Å². The number of carbonyl (C=O) groups excluding carboxylic acids is 2. The standard InChI is InChI=1S/C29H25BrN2O5S2/c1-4-5-21-14-19(15-24(36-3)26(21)37-17-18-6-10-22(30)11-7-18)16-25-28(34)32(29(38)39-25)31-27(33)20-8-12-23(35-2)13-9-20/h4,6-16H,1,5,17H2,2-3H3,(H,31,33)/b25-16-. The van der Waals surface area contributed by atoms with Crippen molar-refractivity contribution in [1.82, 2.24) is 10.4 Å². The summed E-state index contributed by atoms with van der Waals surface area (Å²) < 4.78 is 18.1. The van der Waals surface area contributed by atoms with E-state index in [-0.39, 0.29) is 4.32 Å². The Balaban J connectivity index is 1.54. The number of thioether (sulfide) groups is 1. The van der Waals surface area contributed by atoms with Gasteiger partial charge in [0.05, 0.1) is 19.1 Å². The third kappa shape index (κ3) is 6.89. The fourth-order valence-corrected chi connectivity index (χ4v) is 5.19. The molecule has 0 atom stereocenters. The minimum Gasteiger partial charge on any atom is -0.497 e. The average molecular weight is 626 g/mol. The smallest absolute Gasteiger partial charge is 0.285 e. The monoisotopic (exact) mass is 624 g/mol. The molecule has 0 saturated carbocycles. The molecule has 0 unspecified atom stereocenters. The largest absolute Gasteiger partial charge is 0.497 e. The molecule has 7 nitrogen and oxygen atoms in total. The average Bonchev–Trinajstić information content (AvgIpc) is 3.20. The molecule has 0 radical (unpaired) electrons. The lowest BCUT2D eigenvalue weighted by Gasteiger charge is -2.16. The van der Waals surface area contributed by atoms with Crippen molar-refractivity contribution in [1.29, 1.82) is 0 Å². The highest BCUT2D eigenvalue weighted by Gasteiger charge is 2.34. The van der Waals surface area contributed by atoms with Crippen LogP contribution in [0.15, 0.2) is 82.7 Å². The summed E-state index contributed by atoms with van der Waals surface area (Å²) in [6.07, 6.45) is 4.03. The first-order chi connectivity index (χ1) is 18.8. The Bertz CT molecular complexity index is 1440. The lowest BCUT2D eigenvalue weighted by molar-refractivity contribution is -0.123. The summed E-state index contributed by atoms with van der Waals surface area (Å²) >= 11 is 9.92. The van der Waals surface area contributed by atoms with Gasteiger partial charge in [0.2, 0.25) is 0 Å². The molecule has 3 aromatic rings. The van der Waals surface area contributed by atoms with Crippen molar-refractivity contribution in [3.05, 3.63) is 105 Å². The number of hydrazine groups is 1. The highest BCUT2D eigenvalue weighted by atomic mass is 79.9. The molecule has 39 heavy (non-hydrogen) atoms. The number of amides is 2. The summed E-state index contributed by atoms with van der Waals surface area (Å²) in [7, 11) is 3.11. The van der Waals surface area contributed by atoms with Crippen molar-refractivity contribution in [2.24, 2.45) is 0 Å². The first kappa shape index (κ1) is 28.4. The van der Waals surface area contributed by atoms with Crippen LogP contribution in [0.1, 0.15) is 27.0 Å². The van der Waals surface area contributed by atoms with Crippen molar-refractivity contribution in [3.8, 4) is 17.2 Å². The zero-order valence-electron chi connectivity index (χ0n) is 21.2. The summed E-state index contributed by atoms with van der Waals surface area (Å²) in [6, 6.07) is 18.1. The third-order valence-corrected chi connectivity index (χ3v) is 7.52. The van der Waals surface area contributed by atoms with E-state index in [9.17, 15) is 9.59 Å². The fourth-order valence-electron chi connectivity index (χ4n) is 3.75. The lowest BCUT2D eigenvalue weighted by Crippen LogP contribution is -2.44. The summed E-state index contributed by atoms with van der Waals surface area (Å²) in [5.41, 5.74) is 5.54. The Morgan fingerprint density at radius 3 is 2.46 bits per heavy atom. The second kappa shape index (κ2) is 13.0. The molecule has 1 aliphatic rings. The zero-order chi connectivity index (χ0) is 27.9. The highest BCUT2D eigenvalue weighted by Crippen LogP contribution is 2.37. The van der Waals surface area contributed by atoms with Gasteiger partial charge in [0.15, 0.2) is 15.8 Å². The van der Waals surface area contributed by atoms with Gasteiger partial charge < -0.3 is 14.2 Å². The summed E-state index contributed by atoms with van der Waals surface area (Å²) in [5, 5.41) is 1.08. The number of methoxy groups -OCH3 is 2. The molecular weight excluding hydrogens is 600 g/mol. The van der Waals surface area contributed by atoms with Gasteiger partial charge in [0, 0.05) is 15.6 Å². The number of allylic oxidation sites excluding steroid dienone is 1. The van der Waals surface area contributed by atoms with Crippen LogP contribution in [0.4, 0.5) is 0 Å². The fraction of sp³-hybridized carbons (Fsp3) is 0.138. The number of nitrogens with one attached hydrogen (secondary N) is 1. The molecule has 0 aliphatic carbocycles. The molecule has 2 amide bonds. The SMILES string of the molecule is C=CCc1cc(/C=C2\SC(=S)N(NC(=O)c3ccc(OC)cc3)C2=O)cc(OC)c1OCc1ccc(Br)cc1. The van der Waals surface area contributed by atoms with Gasteiger partial charge in [0.1, 0.15) is 12.4 Å². The number of hydrogen-bond donors (Lipinski definition) is 1. The number of halogens is 1. The first-order valence-corrected chi connectivity index (χ1v) is 13.8. The lowest BCUT2D eigenvalue weighted by atomic mass is 10.0. The summed E-state index contributed by atoms with van der Waals surface area (Å²) in [6.45, 7) is 4.22. The van der Waals surface area contributed by atoms with Gasteiger partial charge in [-0.1, -0.05) is 45.9 Å². The van der Waals surface area contributed by atoms with Crippen LogP contribution in [0, 0.1) is 0 Å². The van der Waals surface area contributed by atoms with Crippen LogP contribution in [0.2, 0.25) is 0 Å². The maximum atomic E-state index is 13.1. The summed E-state index contributed by atoms with van der Waals surface area (Å²) in [4.78, 5) is 26.2. The topological polar surface area (TPSA) is 77.1 Å². The Morgan fingerprint density at radius 1 is 1.10 bits per heavy atom. The molecule has 1 fully saturated rings. The van der Waals surface area contributed by atoms with Crippen molar-refractivity contribution in [3.63, 3.8) is 0 Å². The van der Waals surface area contributed by atoms with Crippen molar-refractivity contribution >= 4 is 62.1 Å². The number of benzene rings is 3. The molecule has 0 bridgehead atoms. The molecule has 3 aromatic carbocycles. The van der Waals surface area contributed by atoms with Gasteiger partial charge in [0.25, 0.3) is 11.8 Å². The minimum atomic E-state index is -0.461. The predicted octanol–water partition coefficient (Wildman–Crippen LogP) is 6.32. The van der Waals surface area contributed by atoms with E-state index in [0.29, 0.717) is 40.7 Å². The van der Waals surface area contributed by atoms with Gasteiger partial charge in [-0.15, -0.1) is 6.58 Å². The van der Waals surface area contributed by atoms with E-state index in [1.165, 1.54) is 0 Å². The van der Waals surface area contributed by atoms with Crippen LogP contribution >= 0.6 is 39.9 Å². The molecule has 200 valence electrons. The van der Waals surface area contributed by atoms with Crippen LogP contribution in [0.25, 0.3) is 6.08 Å². The number of rotatable bonds is 10. The molecule has 0 spiro atoms. The van der Waals surface area contributed by atoms with Crippen LogP contribution in [0.5, 0.6) is 17.2 Å². The Labute approximate surface area is 244 Å². The van der Waals surface area contributed by atoms with Crippen LogP contribution in [-0.4, -0.2) is 35.4 Å². The Hall–Kier alpha value is -3.60. The number of nitrogens with zero attached hydrogens (tertiary/aromatic N) is 1. The number of thiocarbonyl (C=S) groups is 1. The predicted molar refractivity (Wildman–Crippen MR) is 161 cm³/mol. The number of carbonyl (C=O) groups is 2. The minimum absolute atomic E-state index is 0.223. The Kier molecular flexibility index (Phi) is 9.45. The first-order valence-electron chi connectivity index (χ1n) is 11.7. The maximum absolute atomic E-state index is 13.1. The van der Waals surface area contributed by atoms with Crippen molar-refractivity contribution in [2.45, 2.75) is 13.0 Å². The zero-order valence-corrected chi connectivity index (χ0v) is 24.5. The van der Waals surface area contributed by atoms with E-state index in [0.717, 1.165) is 37.9 Å². The number of ether oxygens (including phenoxy) is 3. The summed E-state index contributed by atoms with van der Waals surface area (Å²) in [5.74, 6) is 0.873. The molecule has 4 rings (SSSR count). The second-order valence-electron chi connectivity index (χ2n) is 8.31. The third-order valence-electron chi connectivity index (χ3n) is 5.69. The van der Waals surface area contributed by atoms with Crippen molar-refractivity contribution < 1.29 is 23.8 Å². The van der Waals surface area contributed by atoms with Crippen LogP contribution in [0.3, 0.4) is 0 Å². The molecule has 1 N–H and O–H groups in total.